The lowest BCUT2D eigenvalue weighted by Crippen LogP contribution is -2.39. The summed E-state index contributed by atoms with van der Waals surface area (Å²) in [5, 5.41) is 2.96. The predicted molar refractivity (Wildman–Crippen MR) is 147 cm³/mol. The fraction of sp³-hybridized carbons (Fsp3) is 0.267. The minimum Gasteiger partial charge on any atom is -0.493 e. The molecule has 3 aromatic rings. The summed E-state index contributed by atoms with van der Waals surface area (Å²) in [5.74, 6) is 1.66. The first-order valence-corrected chi connectivity index (χ1v) is 13.3. The summed E-state index contributed by atoms with van der Waals surface area (Å²) in [6, 6.07) is 21.6. The van der Waals surface area contributed by atoms with E-state index in [0.29, 0.717) is 33.6 Å². The Morgan fingerprint density at radius 2 is 1.76 bits per heavy atom. The molecule has 0 unspecified atom stereocenters. The van der Waals surface area contributed by atoms with Gasteiger partial charge in [-0.1, -0.05) is 48.2 Å². The van der Waals surface area contributed by atoms with Crippen LogP contribution in [0.4, 0.5) is 5.69 Å². The summed E-state index contributed by atoms with van der Waals surface area (Å²) in [6.07, 6.45) is 4.89. The first-order chi connectivity index (χ1) is 18.0. The van der Waals surface area contributed by atoms with Gasteiger partial charge in [-0.25, -0.2) is 0 Å². The van der Waals surface area contributed by atoms with Gasteiger partial charge in [0.2, 0.25) is 0 Å². The van der Waals surface area contributed by atoms with Gasteiger partial charge < -0.3 is 19.7 Å². The number of fused-ring (bicyclic) bond motifs is 1. The lowest BCUT2D eigenvalue weighted by molar-refractivity contribution is -0.112. The smallest absolute Gasteiger partial charge is 0.262 e. The number of carbonyl (C=O) groups is 2. The maximum Gasteiger partial charge on any atom is 0.262 e. The van der Waals surface area contributed by atoms with Crippen molar-refractivity contribution in [1.29, 1.82) is 0 Å². The van der Waals surface area contributed by atoms with Crippen LogP contribution in [0.25, 0.3) is 6.08 Å². The number of carbonyl (C=O) groups excluding carboxylic acids is 2. The van der Waals surface area contributed by atoms with E-state index in [1.807, 2.05) is 47.4 Å². The Morgan fingerprint density at radius 1 is 1.00 bits per heavy atom. The summed E-state index contributed by atoms with van der Waals surface area (Å²) in [5.41, 5.74) is 3.47. The zero-order valence-electron chi connectivity index (χ0n) is 21.0. The van der Waals surface area contributed by atoms with Crippen LogP contribution in [-0.2, 0) is 11.2 Å². The number of hydrogen-bond donors (Lipinski definition) is 1. The topological polar surface area (TPSA) is 67.9 Å². The minimum absolute atomic E-state index is 0.0203. The third kappa shape index (κ3) is 5.67. The Kier molecular flexibility index (Phi) is 7.51. The van der Waals surface area contributed by atoms with Gasteiger partial charge in [0.05, 0.1) is 24.8 Å². The van der Waals surface area contributed by atoms with E-state index in [4.69, 9.17) is 9.47 Å². The lowest BCUT2D eigenvalue weighted by Gasteiger charge is -2.32. The Morgan fingerprint density at radius 3 is 2.49 bits per heavy atom. The number of nitrogens with zero attached hydrogens (tertiary/aromatic N) is 1. The number of amides is 2. The number of anilines is 1. The van der Waals surface area contributed by atoms with Gasteiger partial charge in [0.15, 0.2) is 11.5 Å². The molecule has 1 N–H and O–H groups in total. The highest BCUT2D eigenvalue weighted by atomic mass is 32.2. The molecule has 5 rings (SSSR count). The van der Waals surface area contributed by atoms with Crippen molar-refractivity contribution in [2.75, 3.05) is 32.6 Å². The van der Waals surface area contributed by atoms with Crippen molar-refractivity contribution in [2.24, 2.45) is 5.92 Å². The van der Waals surface area contributed by atoms with Gasteiger partial charge in [0.1, 0.15) is 0 Å². The molecule has 2 amide bonds. The fourth-order valence-corrected chi connectivity index (χ4v) is 5.79. The number of nitrogens with one attached hydrogen (secondary N) is 1. The fourth-order valence-electron chi connectivity index (χ4n) is 4.86. The predicted octanol–water partition coefficient (Wildman–Crippen LogP) is 5.88. The second-order valence-electron chi connectivity index (χ2n) is 9.32. The van der Waals surface area contributed by atoms with Crippen LogP contribution in [-0.4, -0.2) is 44.0 Å². The van der Waals surface area contributed by atoms with E-state index in [-0.39, 0.29) is 11.8 Å². The summed E-state index contributed by atoms with van der Waals surface area (Å²) in [6.45, 7) is 1.51. The second-order valence-corrected chi connectivity index (χ2v) is 10.4. The number of likely N-dealkylation sites (tertiary alicyclic amines) is 1. The Labute approximate surface area is 221 Å². The normalized spacial score (nSPS) is 16.8. The maximum atomic E-state index is 13.2. The van der Waals surface area contributed by atoms with Crippen LogP contribution in [0, 0.1) is 5.92 Å². The molecule has 0 atom stereocenters. The number of piperidine rings is 1. The third-order valence-corrected chi connectivity index (χ3v) is 7.99. The van der Waals surface area contributed by atoms with E-state index in [0.717, 1.165) is 42.8 Å². The molecular formula is C30H30N2O4S. The Hall–Kier alpha value is -3.71. The minimum atomic E-state index is -0.196. The van der Waals surface area contributed by atoms with Crippen molar-refractivity contribution in [1.82, 2.24) is 4.90 Å². The van der Waals surface area contributed by atoms with E-state index < -0.39 is 0 Å². The Balaban J connectivity index is 1.24. The molecule has 0 aromatic heterocycles. The average molecular weight is 515 g/mol. The van der Waals surface area contributed by atoms with E-state index in [9.17, 15) is 9.59 Å². The summed E-state index contributed by atoms with van der Waals surface area (Å²) in [4.78, 5) is 29.5. The number of rotatable bonds is 6. The Bertz CT molecular complexity index is 1330. The molecule has 1 saturated heterocycles. The van der Waals surface area contributed by atoms with Crippen molar-refractivity contribution >= 4 is 35.3 Å². The standard InChI is InChI=1S/C30H30N2O4S/c1-35-25-10-8-22(17-26(25)36-2)18-28-29(33)31-24-19-23(9-11-27(24)37-28)30(34)32-14-12-21(13-15-32)16-20-6-4-3-5-7-20/h3-11,17-19,21H,12-16H2,1-2H3,(H,31,33). The zero-order chi connectivity index (χ0) is 25.8. The van der Waals surface area contributed by atoms with Crippen LogP contribution in [0.1, 0.15) is 34.3 Å². The summed E-state index contributed by atoms with van der Waals surface area (Å²) < 4.78 is 10.7. The van der Waals surface area contributed by atoms with Crippen molar-refractivity contribution in [3.05, 3.63) is 88.3 Å². The van der Waals surface area contributed by atoms with Gasteiger partial charge in [0, 0.05) is 23.5 Å². The van der Waals surface area contributed by atoms with E-state index in [1.165, 1.54) is 17.3 Å². The molecule has 1 fully saturated rings. The molecule has 0 bridgehead atoms. The van der Waals surface area contributed by atoms with Gasteiger partial charge in [-0.15, -0.1) is 0 Å². The molecule has 0 saturated carbocycles. The van der Waals surface area contributed by atoms with Crippen LogP contribution < -0.4 is 14.8 Å². The molecule has 7 heteroatoms. The van der Waals surface area contributed by atoms with E-state index in [1.54, 1.807) is 20.3 Å². The lowest BCUT2D eigenvalue weighted by atomic mass is 9.90. The third-order valence-electron chi connectivity index (χ3n) is 6.89. The van der Waals surface area contributed by atoms with Gasteiger partial charge >= 0.3 is 0 Å². The van der Waals surface area contributed by atoms with E-state index in [2.05, 4.69) is 29.6 Å². The highest BCUT2D eigenvalue weighted by Crippen LogP contribution is 2.40. The van der Waals surface area contributed by atoms with Crippen LogP contribution >= 0.6 is 11.8 Å². The van der Waals surface area contributed by atoms with Crippen molar-refractivity contribution in [3.63, 3.8) is 0 Å². The molecule has 3 aromatic carbocycles. The van der Waals surface area contributed by atoms with Crippen LogP contribution in [0.3, 0.4) is 0 Å². The number of methoxy groups -OCH3 is 2. The van der Waals surface area contributed by atoms with Crippen molar-refractivity contribution < 1.29 is 19.1 Å². The van der Waals surface area contributed by atoms with Crippen LogP contribution in [0.5, 0.6) is 11.5 Å². The van der Waals surface area contributed by atoms with Gasteiger partial charge in [-0.3, -0.25) is 9.59 Å². The van der Waals surface area contributed by atoms with Gasteiger partial charge in [-0.05, 0) is 72.7 Å². The molecule has 6 nitrogen and oxygen atoms in total. The molecule has 2 aliphatic rings. The van der Waals surface area contributed by atoms with E-state index >= 15 is 0 Å². The van der Waals surface area contributed by atoms with Crippen LogP contribution in [0.15, 0.2) is 76.5 Å². The average Bonchev–Trinajstić information content (AvgIpc) is 2.93. The molecule has 2 aliphatic heterocycles. The molecule has 0 spiro atoms. The summed E-state index contributed by atoms with van der Waals surface area (Å²) >= 11 is 1.39. The molecule has 2 heterocycles. The molecule has 0 radical (unpaired) electrons. The monoisotopic (exact) mass is 514 g/mol. The molecule has 0 aliphatic carbocycles. The van der Waals surface area contributed by atoms with Gasteiger partial charge in [-0.2, -0.15) is 0 Å². The van der Waals surface area contributed by atoms with Crippen molar-refractivity contribution in [2.45, 2.75) is 24.2 Å². The number of thioether (sulfide) groups is 1. The van der Waals surface area contributed by atoms with Crippen LogP contribution in [0.2, 0.25) is 0 Å². The van der Waals surface area contributed by atoms with Crippen molar-refractivity contribution in [3.8, 4) is 11.5 Å². The number of ether oxygens (including phenoxy) is 2. The molecule has 190 valence electrons. The quantitative estimate of drug-likeness (QED) is 0.416. The maximum absolute atomic E-state index is 13.2. The second kappa shape index (κ2) is 11.1. The zero-order valence-corrected chi connectivity index (χ0v) is 21.8. The SMILES string of the molecule is COc1ccc(C=C2Sc3ccc(C(=O)N4CCC(Cc5ccccc5)CC4)cc3NC2=O)cc1OC. The highest BCUT2D eigenvalue weighted by Gasteiger charge is 2.26. The largest absolute Gasteiger partial charge is 0.493 e. The highest BCUT2D eigenvalue weighted by molar-refractivity contribution is 8.04. The molecular weight excluding hydrogens is 484 g/mol. The summed E-state index contributed by atoms with van der Waals surface area (Å²) in [7, 11) is 3.17. The first-order valence-electron chi connectivity index (χ1n) is 12.4. The first kappa shape index (κ1) is 25.0. The number of benzene rings is 3. The number of hydrogen-bond acceptors (Lipinski definition) is 5. The van der Waals surface area contributed by atoms with Gasteiger partial charge in [0.25, 0.3) is 11.8 Å². The molecule has 37 heavy (non-hydrogen) atoms.